The predicted octanol–water partition coefficient (Wildman–Crippen LogP) is 6.15. The molecule has 2 unspecified atom stereocenters. The lowest BCUT2D eigenvalue weighted by Crippen LogP contribution is -2.67. The number of morpholine rings is 1. The Bertz CT molecular complexity index is 1790. The van der Waals surface area contributed by atoms with Gasteiger partial charge in [-0.05, 0) is 37.1 Å². The number of methoxy groups -OCH3 is 1. The highest BCUT2D eigenvalue weighted by Gasteiger charge is 2.48. The van der Waals surface area contributed by atoms with Crippen molar-refractivity contribution in [1.29, 1.82) is 0 Å². The van der Waals surface area contributed by atoms with Crippen molar-refractivity contribution in [2.45, 2.75) is 44.2 Å². The molecule has 5 heterocycles. The Morgan fingerprint density at radius 1 is 0.959 bits per heavy atom. The van der Waals surface area contributed by atoms with Crippen LogP contribution < -0.4 is 14.5 Å². The van der Waals surface area contributed by atoms with E-state index in [1.165, 1.54) is 18.1 Å². The van der Waals surface area contributed by atoms with Crippen LogP contribution in [0.4, 0.5) is 15.8 Å². The van der Waals surface area contributed by atoms with Crippen molar-refractivity contribution in [2.75, 3.05) is 63.2 Å². The van der Waals surface area contributed by atoms with Gasteiger partial charge in [-0.15, -0.1) is 0 Å². The lowest BCUT2D eigenvalue weighted by Gasteiger charge is -2.52. The Labute approximate surface area is 293 Å². The molecule has 4 saturated heterocycles. The van der Waals surface area contributed by atoms with Gasteiger partial charge in [-0.25, -0.2) is 9.18 Å². The Kier molecular flexibility index (Phi) is 8.39. The van der Waals surface area contributed by atoms with E-state index in [2.05, 4.69) is 16.7 Å². The first-order valence-electron chi connectivity index (χ1n) is 16.5. The molecule has 4 fully saturated rings. The van der Waals surface area contributed by atoms with E-state index in [0.29, 0.717) is 68.0 Å². The number of hydrogen-bond donors (Lipinski definition) is 0. The van der Waals surface area contributed by atoms with Crippen LogP contribution in [0.3, 0.4) is 0 Å². The van der Waals surface area contributed by atoms with E-state index in [0.717, 1.165) is 18.5 Å². The zero-order chi connectivity index (χ0) is 34.0. The van der Waals surface area contributed by atoms with Gasteiger partial charge in [-0.1, -0.05) is 48.3 Å². The Hall–Kier alpha value is -3.61. The van der Waals surface area contributed by atoms with Crippen molar-refractivity contribution in [3.05, 3.63) is 75.0 Å². The average Bonchev–Trinajstić information content (AvgIpc) is 3.33. The van der Waals surface area contributed by atoms with Crippen molar-refractivity contribution >= 4 is 46.5 Å². The second-order valence-electron chi connectivity index (χ2n) is 13.5. The lowest BCUT2D eigenvalue weighted by atomic mass is 9.96. The molecule has 13 heteroatoms. The van der Waals surface area contributed by atoms with E-state index in [9.17, 15) is 9.59 Å². The molecule has 5 aliphatic rings. The highest BCUT2D eigenvalue weighted by Crippen LogP contribution is 2.44. The summed E-state index contributed by atoms with van der Waals surface area (Å²) in [6.45, 7) is 5.64. The van der Waals surface area contributed by atoms with Gasteiger partial charge in [0.2, 0.25) is 5.79 Å². The molecular weight excluding hydrogens is 676 g/mol. The monoisotopic (exact) mass is 711 g/mol. The van der Waals surface area contributed by atoms with Crippen molar-refractivity contribution in [1.82, 2.24) is 4.90 Å². The smallest absolute Gasteiger partial charge is 0.340 e. The molecule has 0 radical (unpaired) electrons. The highest BCUT2D eigenvalue weighted by atomic mass is 35.5. The zero-order valence-corrected chi connectivity index (χ0v) is 28.7. The van der Waals surface area contributed by atoms with Crippen LogP contribution in [0.25, 0.3) is 11.1 Å². The number of benzene rings is 3. The van der Waals surface area contributed by atoms with Gasteiger partial charge in [-0.3, -0.25) is 4.79 Å². The van der Waals surface area contributed by atoms with Crippen molar-refractivity contribution in [3.63, 3.8) is 0 Å². The number of anilines is 2. The number of rotatable bonds is 5. The number of fused-ring (bicyclic) bond motifs is 3. The molecule has 2 atom stereocenters. The van der Waals surface area contributed by atoms with Crippen LogP contribution in [0, 0.1) is 11.7 Å². The van der Waals surface area contributed by atoms with Gasteiger partial charge >= 0.3 is 5.97 Å². The minimum atomic E-state index is -0.618. The molecule has 5 aliphatic heterocycles. The third-order valence-electron chi connectivity index (χ3n) is 10.1. The first kappa shape index (κ1) is 32.6. The van der Waals surface area contributed by atoms with Crippen LogP contribution >= 0.6 is 23.2 Å². The Morgan fingerprint density at radius 3 is 2.33 bits per heavy atom. The lowest BCUT2D eigenvalue weighted by molar-refractivity contribution is -0.290. The number of ether oxygens (including phenoxy) is 5. The molecule has 3 aromatic carbocycles. The maximum Gasteiger partial charge on any atom is 0.340 e. The SMILES string of the molecule is COC(=O)c1cc(F)c(-c2cccc3c2OCN(C(=O)c2c(Cl)cc(N4CC5(C4)OCC(C)CO5)cc2Cl)C3)cc1N1C2CCC1COC2. The number of amides is 1. The third-order valence-corrected chi connectivity index (χ3v) is 10.7. The van der Waals surface area contributed by atoms with Crippen molar-refractivity contribution in [2.24, 2.45) is 5.92 Å². The van der Waals surface area contributed by atoms with E-state index in [4.69, 9.17) is 46.9 Å². The second-order valence-corrected chi connectivity index (χ2v) is 14.3. The predicted molar refractivity (Wildman–Crippen MR) is 181 cm³/mol. The third kappa shape index (κ3) is 5.69. The molecular formula is C36H36Cl2FN3O7. The fraction of sp³-hybridized carbons (Fsp3) is 0.444. The largest absolute Gasteiger partial charge is 0.472 e. The molecule has 8 rings (SSSR count). The summed E-state index contributed by atoms with van der Waals surface area (Å²) in [7, 11) is 1.29. The summed E-state index contributed by atoms with van der Waals surface area (Å²) in [6, 6.07) is 12.0. The van der Waals surface area contributed by atoms with E-state index in [1.807, 2.05) is 6.07 Å². The molecule has 10 nitrogen and oxygen atoms in total. The Morgan fingerprint density at radius 2 is 1.65 bits per heavy atom. The average molecular weight is 713 g/mol. The molecule has 1 amide bonds. The molecule has 0 aromatic heterocycles. The van der Waals surface area contributed by atoms with Crippen LogP contribution in [0.1, 0.15) is 46.0 Å². The van der Waals surface area contributed by atoms with Crippen molar-refractivity contribution in [3.8, 4) is 16.9 Å². The van der Waals surface area contributed by atoms with Crippen LogP contribution in [0.15, 0.2) is 42.5 Å². The molecule has 1 spiro atoms. The molecule has 258 valence electrons. The van der Waals surface area contributed by atoms with Crippen molar-refractivity contribution < 1.29 is 37.7 Å². The summed E-state index contributed by atoms with van der Waals surface area (Å²) in [5.74, 6) is -1.36. The number of carbonyl (C=O) groups is 2. The van der Waals surface area contributed by atoms with Crippen LogP contribution in [0.5, 0.6) is 5.75 Å². The van der Waals surface area contributed by atoms with Gasteiger partial charge in [-0.2, -0.15) is 0 Å². The van der Waals surface area contributed by atoms with E-state index >= 15 is 4.39 Å². The number of hydrogen-bond acceptors (Lipinski definition) is 9. The van der Waals surface area contributed by atoms with Gasteiger partial charge in [0.25, 0.3) is 5.91 Å². The minimum absolute atomic E-state index is 0.0834. The molecule has 49 heavy (non-hydrogen) atoms. The zero-order valence-electron chi connectivity index (χ0n) is 27.2. The van der Waals surface area contributed by atoms with Crippen LogP contribution in [-0.4, -0.2) is 88.0 Å². The second kappa shape index (κ2) is 12.6. The molecule has 0 N–H and O–H groups in total. The van der Waals surface area contributed by atoms with Crippen LogP contribution in [-0.2, 0) is 25.5 Å². The first-order chi connectivity index (χ1) is 23.6. The molecule has 0 aliphatic carbocycles. The fourth-order valence-electron chi connectivity index (χ4n) is 7.58. The summed E-state index contributed by atoms with van der Waals surface area (Å²) < 4.78 is 44.8. The molecule has 0 saturated carbocycles. The summed E-state index contributed by atoms with van der Waals surface area (Å²) in [5, 5.41) is 0.453. The van der Waals surface area contributed by atoms with Gasteiger partial charge in [0.05, 0.1) is 92.1 Å². The maximum atomic E-state index is 15.9. The first-order valence-corrected chi connectivity index (χ1v) is 17.2. The maximum absolute atomic E-state index is 15.9. The minimum Gasteiger partial charge on any atom is -0.472 e. The standard InChI is InChI=1S/C36H36Cl2FN3O7/c1-20-13-48-36(49-14-20)17-41(18-36)24-8-28(37)32(29(38)9-24)34(43)40-12-21-4-3-5-25(33(21)47-19-40)26-11-31(27(10-30(26)39)35(44)45-2)42-22-6-7-23(42)16-46-15-22/h3-5,8-11,20,22-23H,6-7,12-19H2,1-2H3. The summed E-state index contributed by atoms with van der Waals surface area (Å²) in [6.07, 6.45) is 1.84. The summed E-state index contributed by atoms with van der Waals surface area (Å²) in [4.78, 5) is 32.4. The van der Waals surface area contributed by atoms with Gasteiger partial charge < -0.3 is 38.4 Å². The summed E-state index contributed by atoms with van der Waals surface area (Å²) >= 11 is 13.4. The summed E-state index contributed by atoms with van der Waals surface area (Å²) in [5.41, 5.74) is 3.24. The molecule has 3 aromatic rings. The highest BCUT2D eigenvalue weighted by molar-refractivity contribution is 6.40. The normalized spacial score (nSPS) is 22.8. The topological polar surface area (TPSA) is 90.0 Å². The van der Waals surface area contributed by atoms with E-state index in [-0.39, 0.29) is 58.0 Å². The van der Waals surface area contributed by atoms with Gasteiger partial charge in [0.15, 0.2) is 6.73 Å². The fourth-order valence-corrected chi connectivity index (χ4v) is 8.21. The number of halogens is 3. The number of para-hydroxylation sites is 1. The quantitative estimate of drug-likeness (QED) is 0.290. The van der Waals surface area contributed by atoms with Crippen LogP contribution in [0.2, 0.25) is 10.0 Å². The Balaban J connectivity index is 1.04. The number of nitrogens with zero attached hydrogens (tertiary/aromatic N) is 3. The molecule has 2 bridgehead atoms. The van der Waals surface area contributed by atoms with E-state index in [1.54, 1.807) is 30.3 Å². The number of carbonyl (C=O) groups excluding carboxylic acids is 2. The van der Waals surface area contributed by atoms with E-state index < -0.39 is 17.6 Å². The van der Waals surface area contributed by atoms with Gasteiger partial charge in [0, 0.05) is 28.3 Å². The van der Waals surface area contributed by atoms with Gasteiger partial charge in [0.1, 0.15) is 11.6 Å². The number of esters is 1.